The van der Waals surface area contributed by atoms with Crippen LogP contribution in [0.15, 0.2) is 30.5 Å². The highest BCUT2D eigenvalue weighted by Crippen LogP contribution is 2.29. The number of anilines is 2. The lowest BCUT2D eigenvalue weighted by atomic mass is 10.0. The van der Waals surface area contributed by atoms with Crippen LogP contribution in [0.25, 0.3) is 0 Å². The molecule has 3 N–H and O–H groups in total. The number of amides is 1. The monoisotopic (exact) mass is 326 g/mol. The average Bonchev–Trinajstić information content (AvgIpc) is 2.61. The van der Waals surface area contributed by atoms with Crippen molar-refractivity contribution < 1.29 is 4.79 Å². The number of nitrogens with one attached hydrogen (secondary N) is 1. The summed E-state index contributed by atoms with van der Waals surface area (Å²) in [6.45, 7) is 2.65. The van der Waals surface area contributed by atoms with Crippen LogP contribution in [0.4, 0.5) is 11.6 Å². The molecule has 3 rings (SSSR count). The van der Waals surface area contributed by atoms with Gasteiger partial charge in [-0.15, -0.1) is 0 Å². The lowest BCUT2D eigenvalue weighted by Gasteiger charge is -2.34. The molecule has 0 spiro atoms. The van der Waals surface area contributed by atoms with Gasteiger partial charge in [-0.1, -0.05) is 6.07 Å². The number of aromatic nitrogens is 3. The van der Waals surface area contributed by atoms with Crippen molar-refractivity contribution in [1.82, 2.24) is 19.9 Å². The highest BCUT2D eigenvalue weighted by atomic mass is 16.2. The number of nitrogens with two attached hydrogens (primary N) is 1. The molecule has 1 atom stereocenters. The molecule has 2 aromatic rings. The Morgan fingerprint density at radius 1 is 1.33 bits per heavy atom. The van der Waals surface area contributed by atoms with Gasteiger partial charge in [0.25, 0.3) is 0 Å². The number of aryl methyl sites for hydroxylation is 1. The molecule has 0 saturated carbocycles. The van der Waals surface area contributed by atoms with E-state index in [0.717, 1.165) is 30.8 Å². The van der Waals surface area contributed by atoms with Crippen molar-refractivity contribution in [2.24, 2.45) is 5.73 Å². The highest BCUT2D eigenvalue weighted by Gasteiger charge is 2.29. The van der Waals surface area contributed by atoms with E-state index < -0.39 is 0 Å². The van der Waals surface area contributed by atoms with E-state index in [9.17, 15) is 4.79 Å². The van der Waals surface area contributed by atoms with Crippen LogP contribution in [0.2, 0.25) is 0 Å². The van der Waals surface area contributed by atoms with Crippen LogP contribution in [-0.2, 0) is 4.79 Å². The third-order valence-electron chi connectivity index (χ3n) is 4.09. The fourth-order valence-corrected chi connectivity index (χ4v) is 2.99. The van der Waals surface area contributed by atoms with Gasteiger partial charge in [0.2, 0.25) is 5.91 Å². The lowest BCUT2D eigenvalue weighted by Crippen LogP contribution is -2.42. The second-order valence-corrected chi connectivity index (χ2v) is 5.90. The number of piperidine rings is 1. The maximum absolute atomic E-state index is 12.1. The Balaban J connectivity index is 1.88. The number of nitrogens with zero attached hydrogens (tertiary/aromatic N) is 4. The Kier molecular flexibility index (Phi) is 5.00. The van der Waals surface area contributed by atoms with Gasteiger partial charge in [0.15, 0.2) is 5.82 Å². The maximum atomic E-state index is 12.1. The molecule has 3 heterocycles. The van der Waals surface area contributed by atoms with Crippen LogP contribution in [0, 0.1) is 6.92 Å². The van der Waals surface area contributed by atoms with Gasteiger partial charge in [-0.05, 0) is 38.3 Å². The number of pyridine rings is 1. The zero-order chi connectivity index (χ0) is 16.9. The van der Waals surface area contributed by atoms with E-state index in [2.05, 4.69) is 20.3 Å². The summed E-state index contributed by atoms with van der Waals surface area (Å²) in [4.78, 5) is 27.4. The quantitative estimate of drug-likeness (QED) is 0.891. The molecule has 7 nitrogen and oxygen atoms in total. The molecule has 0 bridgehead atoms. The first-order chi connectivity index (χ1) is 11.7. The topological polar surface area (TPSA) is 97.0 Å². The minimum Gasteiger partial charge on any atom is -0.331 e. The Labute approximate surface area is 141 Å². The Morgan fingerprint density at radius 3 is 2.96 bits per heavy atom. The third kappa shape index (κ3) is 3.68. The number of carbonyl (C=O) groups excluding carboxylic acids is 1. The minimum atomic E-state index is -0.112. The summed E-state index contributed by atoms with van der Waals surface area (Å²) in [6.07, 6.45) is 4.63. The van der Waals surface area contributed by atoms with E-state index in [-0.39, 0.29) is 18.5 Å². The third-order valence-corrected chi connectivity index (χ3v) is 4.09. The summed E-state index contributed by atoms with van der Waals surface area (Å²) < 4.78 is 0. The van der Waals surface area contributed by atoms with Crippen LogP contribution in [0.5, 0.6) is 0 Å². The Bertz CT molecular complexity index is 705. The van der Waals surface area contributed by atoms with Gasteiger partial charge < -0.3 is 16.0 Å². The molecule has 1 aliphatic rings. The van der Waals surface area contributed by atoms with Crippen molar-refractivity contribution in [1.29, 1.82) is 0 Å². The van der Waals surface area contributed by atoms with E-state index >= 15 is 0 Å². The zero-order valence-electron chi connectivity index (χ0n) is 13.8. The molecule has 1 amide bonds. The number of hydrogen-bond acceptors (Lipinski definition) is 6. The minimum absolute atomic E-state index is 0.0152. The van der Waals surface area contributed by atoms with E-state index in [1.807, 2.05) is 36.1 Å². The van der Waals surface area contributed by atoms with Crippen LogP contribution in [0.3, 0.4) is 0 Å². The zero-order valence-corrected chi connectivity index (χ0v) is 13.8. The standard InChI is InChI=1S/C17H22N6O/c1-12-10-15(21-14-7-2-4-8-19-14)22-17(20-12)13-6-3-5-9-23(13)16(24)11-18/h2,4,7-8,10,13H,3,5-6,9,11,18H2,1H3,(H,19,20,21,22). The smallest absolute Gasteiger partial charge is 0.236 e. The Morgan fingerprint density at radius 2 is 2.21 bits per heavy atom. The van der Waals surface area contributed by atoms with Gasteiger partial charge in [-0.3, -0.25) is 4.79 Å². The van der Waals surface area contributed by atoms with Crippen LogP contribution < -0.4 is 11.1 Å². The van der Waals surface area contributed by atoms with Crippen molar-refractivity contribution in [2.45, 2.75) is 32.2 Å². The fraction of sp³-hybridized carbons (Fsp3) is 0.412. The molecular weight excluding hydrogens is 304 g/mol. The summed E-state index contributed by atoms with van der Waals surface area (Å²) in [5.74, 6) is 2.01. The van der Waals surface area contributed by atoms with E-state index in [1.165, 1.54) is 0 Å². The van der Waals surface area contributed by atoms with E-state index in [1.54, 1.807) is 6.20 Å². The largest absolute Gasteiger partial charge is 0.331 e. The second-order valence-electron chi connectivity index (χ2n) is 5.90. The second kappa shape index (κ2) is 7.35. The number of rotatable bonds is 4. The number of likely N-dealkylation sites (tertiary alicyclic amines) is 1. The van der Waals surface area contributed by atoms with Gasteiger partial charge in [0.1, 0.15) is 11.6 Å². The van der Waals surface area contributed by atoms with Crippen molar-refractivity contribution in [3.05, 3.63) is 42.0 Å². The van der Waals surface area contributed by atoms with Gasteiger partial charge in [-0.25, -0.2) is 15.0 Å². The molecule has 126 valence electrons. The molecule has 0 radical (unpaired) electrons. The first-order valence-electron chi connectivity index (χ1n) is 8.20. The summed E-state index contributed by atoms with van der Waals surface area (Å²) in [6, 6.07) is 7.41. The molecular formula is C17H22N6O. The van der Waals surface area contributed by atoms with Crippen LogP contribution in [-0.4, -0.2) is 38.8 Å². The predicted molar refractivity (Wildman–Crippen MR) is 91.6 cm³/mol. The summed E-state index contributed by atoms with van der Waals surface area (Å²) >= 11 is 0. The first kappa shape index (κ1) is 16.3. The maximum Gasteiger partial charge on any atom is 0.236 e. The molecule has 1 aliphatic heterocycles. The van der Waals surface area contributed by atoms with E-state index in [0.29, 0.717) is 18.2 Å². The molecule has 1 fully saturated rings. The molecule has 2 aromatic heterocycles. The van der Waals surface area contributed by atoms with Gasteiger partial charge >= 0.3 is 0 Å². The van der Waals surface area contributed by atoms with Gasteiger partial charge in [-0.2, -0.15) is 0 Å². The fourth-order valence-electron chi connectivity index (χ4n) is 2.99. The normalized spacial score (nSPS) is 17.6. The van der Waals surface area contributed by atoms with Crippen LogP contribution >= 0.6 is 0 Å². The highest BCUT2D eigenvalue weighted by molar-refractivity contribution is 5.78. The van der Waals surface area contributed by atoms with Crippen molar-refractivity contribution >= 4 is 17.5 Å². The van der Waals surface area contributed by atoms with E-state index in [4.69, 9.17) is 5.73 Å². The Hall–Kier alpha value is -2.54. The molecule has 7 heteroatoms. The molecule has 24 heavy (non-hydrogen) atoms. The molecule has 0 aromatic carbocycles. The molecule has 1 saturated heterocycles. The summed E-state index contributed by atoms with van der Waals surface area (Å²) in [7, 11) is 0. The molecule has 0 aliphatic carbocycles. The SMILES string of the molecule is Cc1cc(Nc2ccccn2)nc(C2CCCCN2C(=O)CN)n1. The summed E-state index contributed by atoms with van der Waals surface area (Å²) in [5, 5.41) is 3.19. The number of carbonyl (C=O) groups is 1. The van der Waals surface area contributed by atoms with Gasteiger partial charge in [0, 0.05) is 24.5 Å². The molecule has 1 unspecified atom stereocenters. The average molecular weight is 326 g/mol. The summed E-state index contributed by atoms with van der Waals surface area (Å²) in [5.41, 5.74) is 6.40. The predicted octanol–water partition coefficient (Wildman–Crippen LogP) is 1.94. The van der Waals surface area contributed by atoms with Gasteiger partial charge in [0.05, 0.1) is 12.6 Å². The first-order valence-corrected chi connectivity index (χ1v) is 8.20. The lowest BCUT2D eigenvalue weighted by molar-refractivity contribution is -0.133. The van der Waals surface area contributed by atoms with Crippen molar-refractivity contribution in [2.75, 3.05) is 18.4 Å². The number of hydrogen-bond donors (Lipinski definition) is 2. The van der Waals surface area contributed by atoms with Crippen LogP contribution in [0.1, 0.15) is 36.8 Å². The van der Waals surface area contributed by atoms with Crippen molar-refractivity contribution in [3.8, 4) is 0 Å². The van der Waals surface area contributed by atoms with Crippen molar-refractivity contribution in [3.63, 3.8) is 0 Å².